The van der Waals surface area contributed by atoms with Gasteiger partial charge in [0, 0.05) is 18.7 Å². The second-order valence-corrected chi connectivity index (χ2v) is 6.59. The average molecular weight is 353 g/mol. The molecule has 1 aromatic heterocycles. The molecule has 2 aromatic rings. The highest BCUT2D eigenvalue weighted by Gasteiger charge is 2.22. The van der Waals surface area contributed by atoms with Crippen molar-refractivity contribution in [3.63, 3.8) is 0 Å². The Balaban J connectivity index is 1.64. The Morgan fingerprint density at radius 2 is 2.12 bits per heavy atom. The summed E-state index contributed by atoms with van der Waals surface area (Å²) in [4.78, 5) is 14.1. The monoisotopic (exact) mass is 353 g/mol. The van der Waals surface area contributed by atoms with Crippen molar-refractivity contribution in [2.75, 3.05) is 22.1 Å². The molecule has 2 amide bonds. The second-order valence-electron chi connectivity index (χ2n) is 5.63. The molecule has 128 valence electrons. The summed E-state index contributed by atoms with van der Waals surface area (Å²) >= 11 is 1.25. The third-order valence-electron chi connectivity index (χ3n) is 3.86. The van der Waals surface area contributed by atoms with E-state index >= 15 is 0 Å². The topological polar surface area (TPSA) is 70.2 Å². The summed E-state index contributed by atoms with van der Waals surface area (Å²) < 4.78 is 26.6. The first-order valence-electron chi connectivity index (χ1n) is 7.66. The molecule has 0 spiro atoms. The maximum atomic E-state index is 13.5. The summed E-state index contributed by atoms with van der Waals surface area (Å²) in [5.41, 5.74) is -0.234. The van der Waals surface area contributed by atoms with Crippen molar-refractivity contribution in [3.8, 4) is 0 Å². The normalized spacial score (nSPS) is 17.6. The van der Waals surface area contributed by atoms with Crippen molar-refractivity contribution >= 4 is 33.3 Å². The van der Waals surface area contributed by atoms with Crippen LogP contribution in [0.2, 0.25) is 0 Å². The van der Waals surface area contributed by atoms with Crippen molar-refractivity contribution < 1.29 is 13.6 Å². The molecule has 0 unspecified atom stereocenters. The van der Waals surface area contributed by atoms with Crippen LogP contribution in [-0.2, 0) is 0 Å². The van der Waals surface area contributed by atoms with Gasteiger partial charge in [0.05, 0.1) is 5.69 Å². The van der Waals surface area contributed by atoms with Gasteiger partial charge in [-0.3, -0.25) is 5.32 Å². The van der Waals surface area contributed by atoms with Crippen molar-refractivity contribution in [1.29, 1.82) is 0 Å². The maximum Gasteiger partial charge on any atom is 0.325 e. The van der Waals surface area contributed by atoms with Crippen LogP contribution in [0.1, 0.15) is 26.2 Å². The number of carbonyl (C=O) groups is 1. The third kappa shape index (κ3) is 3.78. The van der Waals surface area contributed by atoms with Crippen LogP contribution in [0.25, 0.3) is 0 Å². The quantitative estimate of drug-likeness (QED) is 0.880. The van der Waals surface area contributed by atoms with E-state index in [4.69, 9.17) is 0 Å². The first-order valence-corrected chi connectivity index (χ1v) is 8.48. The predicted octanol–water partition coefficient (Wildman–Crippen LogP) is 3.84. The lowest BCUT2D eigenvalue weighted by molar-refractivity contribution is 0.262. The van der Waals surface area contributed by atoms with Gasteiger partial charge >= 0.3 is 6.03 Å². The summed E-state index contributed by atoms with van der Waals surface area (Å²) in [6, 6.07) is 2.53. The van der Waals surface area contributed by atoms with Crippen molar-refractivity contribution in [2.45, 2.75) is 32.2 Å². The van der Waals surface area contributed by atoms with E-state index in [2.05, 4.69) is 32.7 Å². The first kappa shape index (κ1) is 16.6. The number of carbonyl (C=O) groups excluding carboxylic acids is 1. The molecule has 0 radical (unpaired) electrons. The fraction of sp³-hybridized carbons (Fsp3) is 0.400. The van der Waals surface area contributed by atoms with Gasteiger partial charge in [-0.25, -0.2) is 13.6 Å². The summed E-state index contributed by atoms with van der Waals surface area (Å²) in [6.07, 6.45) is 3.40. The Morgan fingerprint density at radius 3 is 2.92 bits per heavy atom. The molecule has 1 atom stereocenters. The fourth-order valence-corrected chi connectivity index (χ4v) is 3.48. The summed E-state index contributed by atoms with van der Waals surface area (Å²) in [5.74, 6) is -1.35. The number of nitrogens with one attached hydrogen (secondary N) is 2. The summed E-state index contributed by atoms with van der Waals surface area (Å²) in [5, 5.41) is 13.8. The van der Waals surface area contributed by atoms with Gasteiger partial charge in [0.2, 0.25) is 10.3 Å². The molecule has 0 saturated carbocycles. The van der Waals surface area contributed by atoms with E-state index in [1.165, 1.54) is 17.8 Å². The van der Waals surface area contributed by atoms with E-state index in [0.717, 1.165) is 42.7 Å². The van der Waals surface area contributed by atoms with E-state index in [1.807, 2.05) is 0 Å². The minimum absolute atomic E-state index is 0.234. The van der Waals surface area contributed by atoms with Gasteiger partial charge in [0.15, 0.2) is 0 Å². The van der Waals surface area contributed by atoms with Gasteiger partial charge in [-0.2, -0.15) is 0 Å². The van der Waals surface area contributed by atoms with Crippen molar-refractivity contribution in [2.24, 2.45) is 0 Å². The van der Waals surface area contributed by atoms with Crippen LogP contribution in [0.5, 0.6) is 0 Å². The largest absolute Gasteiger partial charge is 0.344 e. The van der Waals surface area contributed by atoms with E-state index in [-0.39, 0.29) is 5.69 Å². The molecule has 0 aliphatic carbocycles. The molecular formula is C15H17F2N5OS. The first-order chi connectivity index (χ1) is 11.5. The number of hydrogen-bond donors (Lipinski definition) is 2. The van der Waals surface area contributed by atoms with Gasteiger partial charge < -0.3 is 10.2 Å². The molecule has 1 aromatic carbocycles. The number of anilines is 3. The lowest BCUT2D eigenvalue weighted by Crippen LogP contribution is -2.37. The number of amides is 2. The molecule has 1 fully saturated rings. The molecule has 1 saturated heterocycles. The van der Waals surface area contributed by atoms with Crippen LogP contribution in [0.4, 0.5) is 29.5 Å². The predicted molar refractivity (Wildman–Crippen MR) is 89.6 cm³/mol. The number of piperidine rings is 1. The van der Waals surface area contributed by atoms with Crippen LogP contribution in [0, 0.1) is 11.6 Å². The Labute approximate surface area is 141 Å². The Bertz CT molecular complexity index is 738. The number of urea groups is 1. The Hall–Kier alpha value is -2.29. The van der Waals surface area contributed by atoms with Gasteiger partial charge in [-0.1, -0.05) is 11.3 Å². The zero-order chi connectivity index (χ0) is 17.1. The molecule has 2 N–H and O–H groups in total. The van der Waals surface area contributed by atoms with Gasteiger partial charge in [-0.05, 0) is 38.3 Å². The molecule has 6 nitrogen and oxygen atoms in total. The number of halogens is 2. The highest BCUT2D eigenvalue weighted by molar-refractivity contribution is 7.19. The average Bonchev–Trinajstić information content (AvgIpc) is 2.99. The molecule has 1 aliphatic heterocycles. The minimum atomic E-state index is -0.716. The number of rotatable bonds is 3. The molecule has 1 aliphatic rings. The molecule has 2 heterocycles. The van der Waals surface area contributed by atoms with Crippen LogP contribution in [0.3, 0.4) is 0 Å². The lowest BCUT2D eigenvalue weighted by atomic mass is 10.1. The number of benzene rings is 1. The van der Waals surface area contributed by atoms with Crippen molar-refractivity contribution in [3.05, 3.63) is 29.8 Å². The van der Waals surface area contributed by atoms with Crippen LogP contribution < -0.4 is 15.5 Å². The second kappa shape index (κ2) is 7.08. The third-order valence-corrected chi connectivity index (χ3v) is 4.74. The van der Waals surface area contributed by atoms with Gasteiger partial charge in [0.25, 0.3) is 0 Å². The van der Waals surface area contributed by atoms with Crippen LogP contribution >= 0.6 is 11.3 Å². The highest BCUT2D eigenvalue weighted by atomic mass is 32.1. The Morgan fingerprint density at radius 1 is 1.29 bits per heavy atom. The highest BCUT2D eigenvalue weighted by Crippen LogP contribution is 2.29. The Kier molecular flexibility index (Phi) is 4.89. The summed E-state index contributed by atoms with van der Waals surface area (Å²) in [6.45, 7) is 3.05. The number of aromatic nitrogens is 2. The van der Waals surface area contributed by atoms with E-state index in [1.54, 1.807) is 0 Å². The van der Waals surface area contributed by atoms with Crippen LogP contribution in [-0.4, -0.2) is 28.8 Å². The molecule has 9 heteroatoms. The van der Waals surface area contributed by atoms with E-state index in [9.17, 15) is 13.6 Å². The number of hydrogen-bond acceptors (Lipinski definition) is 5. The summed E-state index contributed by atoms with van der Waals surface area (Å²) in [7, 11) is 0. The lowest BCUT2D eigenvalue weighted by Gasteiger charge is -2.32. The smallest absolute Gasteiger partial charge is 0.325 e. The van der Waals surface area contributed by atoms with Gasteiger partial charge in [0.1, 0.15) is 11.6 Å². The zero-order valence-corrected chi connectivity index (χ0v) is 13.9. The van der Waals surface area contributed by atoms with E-state index in [0.29, 0.717) is 11.2 Å². The van der Waals surface area contributed by atoms with Gasteiger partial charge in [-0.15, -0.1) is 10.2 Å². The molecule has 3 rings (SSSR count). The van der Waals surface area contributed by atoms with Crippen LogP contribution in [0.15, 0.2) is 18.2 Å². The minimum Gasteiger partial charge on any atom is -0.344 e. The molecule has 24 heavy (non-hydrogen) atoms. The number of nitrogens with zero attached hydrogens (tertiary/aromatic N) is 3. The SMILES string of the molecule is C[C@H]1CCCCN1c1nnc(NC(=O)Nc2cc(F)ccc2F)s1. The van der Waals surface area contributed by atoms with Crippen molar-refractivity contribution in [1.82, 2.24) is 10.2 Å². The zero-order valence-electron chi connectivity index (χ0n) is 13.1. The standard InChI is InChI=1S/C15H17F2N5OS/c1-9-4-2-3-7-22(9)15-21-20-14(24-15)19-13(23)18-12-8-10(16)5-6-11(12)17/h5-6,8-9H,2-4,7H2,1H3,(H2,18,19,20,23)/t9-/m0/s1. The maximum absolute atomic E-state index is 13.5. The molecule has 0 bridgehead atoms. The molecular weight excluding hydrogens is 336 g/mol. The fourth-order valence-electron chi connectivity index (χ4n) is 2.61. The van der Waals surface area contributed by atoms with E-state index < -0.39 is 17.7 Å².